The lowest BCUT2D eigenvalue weighted by Gasteiger charge is -2.12. The predicted octanol–water partition coefficient (Wildman–Crippen LogP) is 2.87. The van der Waals surface area contributed by atoms with Gasteiger partial charge in [0, 0.05) is 35.8 Å². The molecule has 3 heterocycles. The molecule has 32 heavy (non-hydrogen) atoms. The second kappa shape index (κ2) is 9.58. The van der Waals surface area contributed by atoms with E-state index in [4.69, 9.17) is 4.42 Å². The van der Waals surface area contributed by atoms with Crippen LogP contribution >= 0.6 is 23.1 Å². The summed E-state index contributed by atoms with van der Waals surface area (Å²) in [7, 11) is 0. The summed E-state index contributed by atoms with van der Waals surface area (Å²) in [5.41, 5.74) is 0.971. The van der Waals surface area contributed by atoms with Gasteiger partial charge in [-0.3, -0.25) is 9.36 Å². The van der Waals surface area contributed by atoms with Crippen molar-refractivity contribution in [3.63, 3.8) is 0 Å². The molecule has 0 spiro atoms. The number of phenols is 1. The first-order valence-corrected chi connectivity index (χ1v) is 11.9. The number of benzene rings is 1. The SMILES string of the molecule is O=C([O-])CCCCCn1c(SCc2cc(=O)oc3cc(O)ccc23)nc2ccsc2c1=O. The molecule has 0 saturated carbocycles. The lowest BCUT2D eigenvalue weighted by atomic mass is 10.1. The van der Waals surface area contributed by atoms with Gasteiger partial charge in [0.05, 0.1) is 5.52 Å². The third-order valence-corrected chi connectivity index (χ3v) is 6.88. The minimum Gasteiger partial charge on any atom is -0.550 e. The Labute approximate surface area is 190 Å². The van der Waals surface area contributed by atoms with Gasteiger partial charge in [-0.05, 0) is 48.4 Å². The van der Waals surface area contributed by atoms with E-state index in [1.54, 1.807) is 16.7 Å². The number of carboxylic acids is 1. The largest absolute Gasteiger partial charge is 0.550 e. The zero-order valence-corrected chi connectivity index (χ0v) is 18.5. The Balaban J connectivity index is 1.61. The molecule has 0 aliphatic carbocycles. The van der Waals surface area contributed by atoms with Crippen molar-refractivity contribution in [2.45, 2.75) is 43.1 Å². The van der Waals surface area contributed by atoms with E-state index in [-0.39, 0.29) is 17.7 Å². The molecule has 0 aliphatic heterocycles. The molecule has 0 aliphatic rings. The third-order valence-electron chi connectivity index (χ3n) is 4.96. The van der Waals surface area contributed by atoms with E-state index < -0.39 is 11.6 Å². The number of thioether (sulfide) groups is 1. The standard InChI is InChI=1S/C22H20N2O6S2/c25-14-5-6-15-13(10-19(28)30-17(15)11-14)12-32-22-23-16-7-9-31-20(16)21(29)24(22)8-3-1-2-4-18(26)27/h5-7,9-11,25H,1-4,8,12H2,(H,26,27)/p-1. The Kier molecular flexibility index (Phi) is 6.61. The van der Waals surface area contributed by atoms with Crippen LogP contribution < -0.4 is 16.3 Å². The van der Waals surface area contributed by atoms with Crippen molar-refractivity contribution >= 4 is 50.3 Å². The van der Waals surface area contributed by atoms with Crippen LogP contribution in [0.15, 0.2) is 54.9 Å². The van der Waals surface area contributed by atoms with Gasteiger partial charge in [0.15, 0.2) is 5.16 Å². The van der Waals surface area contributed by atoms with Gasteiger partial charge in [-0.15, -0.1) is 11.3 Å². The van der Waals surface area contributed by atoms with Crippen molar-refractivity contribution in [3.05, 3.63) is 62.0 Å². The molecule has 0 radical (unpaired) electrons. The van der Waals surface area contributed by atoms with Crippen molar-refractivity contribution in [3.8, 4) is 5.75 Å². The lowest BCUT2D eigenvalue weighted by Crippen LogP contribution is -2.23. The van der Waals surface area contributed by atoms with Gasteiger partial charge in [0.25, 0.3) is 5.56 Å². The Bertz CT molecular complexity index is 1410. The quantitative estimate of drug-likeness (QED) is 0.171. The van der Waals surface area contributed by atoms with Gasteiger partial charge < -0.3 is 19.4 Å². The molecule has 10 heteroatoms. The number of unbranched alkanes of at least 4 members (excludes halogenated alkanes) is 2. The fraction of sp³-hybridized carbons (Fsp3) is 0.273. The van der Waals surface area contributed by atoms with E-state index >= 15 is 0 Å². The number of aliphatic carboxylic acids is 1. The van der Waals surface area contributed by atoms with Crippen LogP contribution in [0.2, 0.25) is 0 Å². The highest BCUT2D eigenvalue weighted by atomic mass is 32.2. The van der Waals surface area contributed by atoms with Crippen molar-refractivity contribution in [2.75, 3.05) is 0 Å². The normalized spacial score (nSPS) is 11.4. The van der Waals surface area contributed by atoms with Crippen molar-refractivity contribution in [1.29, 1.82) is 0 Å². The topological polar surface area (TPSA) is 125 Å². The summed E-state index contributed by atoms with van der Waals surface area (Å²) < 4.78 is 7.37. The fourth-order valence-corrected chi connectivity index (χ4v) is 5.22. The number of carbonyl (C=O) groups excluding carboxylic acids is 1. The number of thiophene rings is 1. The highest BCUT2D eigenvalue weighted by Crippen LogP contribution is 2.28. The molecule has 0 atom stereocenters. The minimum atomic E-state index is -1.08. The molecular weight excluding hydrogens is 452 g/mol. The van der Waals surface area contributed by atoms with Gasteiger partial charge in [0.1, 0.15) is 16.0 Å². The number of fused-ring (bicyclic) bond motifs is 2. The molecule has 0 amide bonds. The van der Waals surface area contributed by atoms with E-state index in [2.05, 4.69) is 4.98 Å². The molecule has 4 rings (SSSR count). The minimum absolute atomic E-state index is 0.00205. The third kappa shape index (κ3) is 4.86. The van der Waals surface area contributed by atoms with Crippen LogP contribution in [0.1, 0.15) is 31.2 Å². The summed E-state index contributed by atoms with van der Waals surface area (Å²) in [6.07, 6.45) is 1.78. The number of carbonyl (C=O) groups is 1. The van der Waals surface area contributed by atoms with E-state index in [9.17, 15) is 24.6 Å². The average Bonchev–Trinajstić information content (AvgIpc) is 3.21. The molecule has 3 aromatic heterocycles. The molecule has 0 bridgehead atoms. The number of phenolic OH excluding ortho intramolecular Hbond substituents is 1. The van der Waals surface area contributed by atoms with Crippen LogP contribution in [-0.2, 0) is 17.1 Å². The van der Waals surface area contributed by atoms with Crippen LogP contribution in [0, 0.1) is 0 Å². The first kappa shape index (κ1) is 22.1. The summed E-state index contributed by atoms with van der Waals surface area (Å²) in [5.74, 6) is -0.699. The summed E-state index contributed by atoms with van der Waals surface area (Å²) >= 11 is 2.67. The molecule has 0 unspecified atom stereocenters. The number of aromatic nitrogens is 2. The fourth-order valence-electron chi connectivity index (χ4n) is 3.43. The Morgan fingerprint density at radius 1 is 1.19 bits per heavy atom. The van der Waals surface area contributed by atoms with Crippen LogP contribution in [-0.4, -0.2) is 20.6 Å². The Morgan fingerprint density at radius 3 is 2.84 bits per heavy atom. The maximum Gasteiger partial charge on any atom is 0.336 e. The maximum absolute atomic E-state index is 13.0. The second-order valence-electron chi connectivity index (χ2n) is 7.23. The summed E-state index contributed by atoms with van der Waals surface area (Å²) in [4.78, 5) is 40.2. The zero-order valence-electron chi connectivity index (χ0n) is 16.9. The highest BCUT2D eigenvalue weighted by molar-refractivity contribution is 7.98. The molecule has 1 aromatic carbocycles. The highest BCUT2D eigenvalue weighted by Gasteiger charge is 2.14. The van der Waals surface area contributed by atoms with Gasteiger partial charge in [-0.1, -0.05) is 18.2 Å². The van der Waals surface area contributed by atoms with Crippen LogP contribution in [0.5, 0.6) is 5.75 Å². The number of hydrogen-bond donors (Lipinski definition) is 1. The zero-order chi connectivity index (χ0) is 22.7. The van der Waals surface area contributed by atoms with Gasteiger partial charge in [0.2, 0.25) is 0 Å². The van der Waals surface area contributed by atoms with Gasteiger partial charge >= 0.3 is 5.63 Å². The molecule has 0 fully saturated rings. The van der Waals surface area contributed by atoms with Gasteiger partial charge in [-0.2, -0.15) is 0 Å². The van der Waals surface area contributed by atoms with Crippen LogP contribution in [0.3, 0.4) is 0 Å². The Morgan fingerprint density at radius 2 is 2.03 bits per heavy atom. The molecule has 166 valence electrons. The Hall–Kier alpha value is -3.11. The van der Waals surface area contributed by atoms with E-state index in [0.717, 1.165) is 0 Å². The van der Waals surface area contributed by atoms with E-state index in [1.807, 2.05) is 5.38 Å². The van der Waals surface area contributed by atoms with Crippen LogP contribution in [0.4, 0.5) is 0 Å². The molecule has 0 saturated heterocycles. The average molecular weight is 472 g/mol. The van der Waals surface area contributed by atoms with E-state index in [1.165, 1.54) is 41.3 Å². The van der Waals surface area contributed by atoms with Gasteiger partial charge in [-0.25, -0.2) is 9.78 Å². The molecular formula is C22H19N2O6S2-. The number of carboxylic acid groups (broad SMARTS) is 1. The van der Waals surface area contributed by atoms with Crippen molar-refractivity contribution < 1.29 is 19.4 Å². The second-order valence-corrected chi connectivity index (χ2v) is 9.09. The summed E-state index contributed by atoms with van der Waals surface area (Å²) in [6, 6.07) is 7.80. The lowest BCUT2D eigenvalue weighted by molar-refractivity contribution is -0.305. The monoisotopic (exact) mass is 471 g/mol. The smallest absolute Gasteiger partial charge is 0.336 e. The number of aromatic hydroxyl groups is 1. The summed E-state index contributed by atoms with van der Waals surface area (Å²) in [6.45, 7) is 0.417. The number of rotatable bonds is 9. The first-order chi connectivity index (χ1) is 15.4. The molecule has 4 aromatic rings. The first-order valence-electron chi connectivity index (χ1n) is 9.99. The number of hydrogen-bond acceptors (Lipinski definition) is 9. The summed E-state index contributed by atoms with van der Waals surface area (Å²) in [5, 5.41) is 23.3. The maximum atomic E-state index is 13.0. The molecule has 8 nitrogen and oxygen atoms in total. The van der Waals surface area contributed by atoms with E-state index in [0.29, 0.717) is 63.5 Å². The predicted molar refractivity (Wildman–Crippen MR) is 121 cm³/mol. The molecule has 1 N–H and O–H groups in total. The van der Waals surface area contributed by atoms with Crippen molar-refractivity contribution in [1.82, 2.24) is 9.55 Å². The van der Waals surface area contributed by atoms with Crippen LogP contribution in [0.25, 0.3) is 21.2 Å². The van der Waals surface area contributed by atoms with Crippen molar-refractivity contribution in [2.24, 2.45) is 0 Å². The number of nitrogens with zero attached hydrogens (tertiary/aromatic N) is 2.